The molecule has 1 fully saturated rings. The van der Waals surface area contributed by atoms with E-state index in [1.54, 1.807) is 0 Å². The first kappa shape index (κ1) is 17.6. The first-order valence-corrected chi connectivity index (χ1v) is 9.83. The van der Waals surface area contributed by atoms with Crippen LogP contribution in [0.15, 0.2) is 41.6 Å². The fourth-order valence-electron chi connectivity index (χ4n) is 3.30. The minimum absolute atomic E-state index is 0.00489. The van der Waals surface area contributed by atoms with Crippen molar-refractivity contribution in [1.82, 2.24) is 14.5 Å². The molecule has 8 heteroatoms. The molecule has 0 radical (unpaired) electrons. The van der Waals surface area contributed by atoms with E-state index < -0.39 is 10.0 Å². The zero-order valence-corrected chi connectivity index (χ0v) is 14.9. The van der Waals surface area contributed by atoms with E-state index in [2.05, 4.69) is 4.98 Å². The fraction of sp³-hybridized carbons (Fsp3) is 0.412. The molecule has 0 aliphatic carbocycles. The number of primary sulfonamides is 1. The number of carbonyl (C=O) groups excluding carboxylic acids is 1. The second kappa shape index (κ2) is 6.97. The summed E-state index contributed by atoms with van der Waals surface area (Å²) in [7, 11) is -1.84. The molecule has 0 spiro atoms. The van der Waals surface area contributed by atoms with Crippen molar-refractivity contribution in [2.24, 2.45) is 12.2 Å². The number of nitrogens with two attached hydrogens (primary N) is 1. The Labute approximate surface area is 147 Å². The lowest BCUT2D eigenvalue weighted by molar-refractivity contribution is 0.0668. The summed E-state index contributed by atoms with van der Waals surface area (Å²) in [5, 5.41) is 5.08. The third-order valence-electron chi connectivity index (χ3n) is 4.62. The number of hydrogen-bond donors (Lipinski definition) is 1. The quantitative estimate of drug-likeness (QED) is 0.900. The number of likely N-dealkylation sites (tertiary alicyclic amines) is 1. The Morgan fingerprint density at radius 2 is 2.04 bits per heavy atom. The molecule has 0 saturated carbocycles. The van der Waals surface area contributed by atoms with Crippen molar-refractivity contribution in [3.05, 3.63) is 48.0 Å². The predicted molar refractivity (Wildman–Crippen MR) is 93.3 cm³/mol. The van der Waals surface area contributed by atoms with Gasteiger partial charge in [0.2, 0.25) is 10.0 Å². The summed E-state index contributed by atoms with van der Waals surface area (Å²) in [5.74, 6) is -0.186. The molecule has 2 N–H and O–H groups in total. The van der Waals surface area contributed by atoms with Crippen LogP contribution in [0.4, 0.5) is 0 Å². The molecule has 2 aromatic rings. The topological polar surface area (TPSA) is 98.3 Å². The number of aromatic nitrogens is 2. The molecule has 3 heterocycles. The number of pyridine rings is 1. The number of amides is 1. The number of rotatable bonds is 3. The summed E-state index contributed by atoms with van der Waals surface area (Å²) in [5.41, 5.74) is 1.32. The van der Waals surface area contributed by atoms with Gasteiger partial charge in [-0.1, -0.05) is 12.8 Å². The summed E-state index contributed by atoms with van der Waals surface area (Å²) >= 11 is 0. The Morgan fingerprint density at radius 3 is 2.64 bits per heavy atom. The van der Waals surface area contributed by atoms with Crippen molar-refractivity contribution in [2.45, 2.75) is 36.6 Å². The lowest BCUT2D eigenvalue weighted by atomic mass is 10.1. The summed E-state index contributed by atoms with van der Waals surface area (Å²) < 4.78 is 24.7. The maximum absolute atomic E-state index is 13.0. The van der Waals surface area contributed by atoms with Gasteiger partial charge >= 0.3 is 0 Å². The van der Waals surface area contributed by atoms with Crippen LogP contribution in [0, 0.1) is 0 Å². The van der Waals surface area contributed by atoms with Gasteiger partial charge in [0.15, 0.2) is 0 Å². The molecule has 1 aliphatic rings. The van der Waals surface area contributed by atoms with Crippen LogP contribution in [0.5, 0.6) is 0 Å². The summed E-state index contributed by atoms with van der Waals surface area (Å²) in [6.45, 7) is 0.660. The van der Waals surface area contributed by atoms with E-state index in [1.165, 1.54) is 12.1 Å². The molecule has 1 amide bonds. The molecule has 3 rings (SSSR count). The van der Waals surface area contributed by atoms with E-state index in [0.717, 1.165) is 37.6 Å². The average molecular weight is 362 g/mol. The lowest BCUT2D eigenvalue weighted by Gasteiger charge is -2.30. The van der Waals surface area contributed by atoms with E-state index in [1.807, 2.05) is 34.8 Å². The highest BCUT2D eigenvalue weighted by Gasteiger charge is 2.29. The van der Waals surface area contributed by atoms with Crippen molar-refractivity contribution in [3.63, 3.8) is 0 Å². The fourth-order valence-corrected chi connectivity index (χ4v) is 3.76. The molecular weight excluding hydrogens is 340 g/mol. The van der Waals surface area contributed by atoms with Crippen molar-refractivity contribution < 1.29 is 13.2 Å². The molecule has 1 atom stereocenters. The maximum atomic E-state index is 13.0. The first-order chi connectivity index (χ1) is 11.9. The molecule has 1 unspecified atom stereocenters. The van der Waals surface area contributed by atoms with Crippen LogP contribution in [-0.2, 0) is 17.1 Å². The summed E-state index contributed by atoms with van der Waals surface area (Å²) in [6.07, 6.45) is 7.11. The molecule has 25 heavy (non-hydrogen) atoms. The van der Waals surface area contributed by atoms with E-state index in [9.17, 15) is 13.2 Å². The third kappa shape index (κ3) is 3.74. The number of nitrogens with zero attached hydrogens (tertiary/aromatic N) is 3. The molecule has 0 bridgehead atoms. The molecule has 1 saturated heterocycles. The Hall–Kier alpha value is -2.19. The van der Waals surface area contributed by atoms with Gasteiger partial charge in [-0.2, -0.15) is 0 Å². The van der Waals surface area contributed by atoms with Gasteiger partial charge in [0.1, 0.15) is 10.6 Å². The summed E-state index contributed by atoms with van der Waals surface area (Å²) in [6, 6.07) is 6.75. The van der Waals surface area contributed by atoms with Crippen LogP contribution >= 0.6 is 0 Å². The van der Waals surface area contributed by atoms with E-state index >= 15 is 0 Å². The highest BCUT2D eigenvalue weighted by atomic mass is 32.2. The minimum Gasteiger partial charge on any atom is -0.353 e. The van der Waals surface area contributed by atoms with Gasteiger partial charge in [-0.15, -0.1) is 0 Å². The van der Waals surface area contributed by atoms with E-state index in [4.69, 9.17) is 5.14 Å². The Morgan fingerprint density at radius 1 is 1.24 bits per heavy atom. The SMILES string of the molecule is Cn1cccc1C1CCCCCN1C(=O)c1ccc(S(N)(=O)=O)cn1. The highest BCUT2D eigenvalue weighted by molar-refractivity contribution is 7.89. The molecular formula is C17H22N4O3S. The largest absolute Gasteiger partial charge is 0.353 e. The first-order valence-electron chi connectivity index (χ1n) is 8.29. The van der Waals surface area contributed by atoms with Gasteiger partial charge in [0.05, 0.1) is 6.04 Å². The van der Waals surface area contributed by atoms with Crippen LogP contribution in [0.1, 0.15) is 47.9 Å². The van der Waals surface area contributed by atoms with Gasteiger partial charge in [-0.25, -0.2) is 18.5 Å². The van der Waals surface area contributed by atoms with Gasteiger partial charge in [-0.3, -0.25) is 4.79 Å². The molecule has 0 aromatic carbocycles. The minimum atomic E-state index is -3.82. The van der Waals surface area contributed by atoms with Crippen LogP contribution in [-0.4, -0.2) is 35.3 Å². The number of carbonyl (C=O) groups is 1. The lowest BCUT2D eigenvalue weighted by Crippen LogP contribution is -2.36. The average Bonchev–Trinajstić information content (AvgIpc) is 2.86. The van der Waals surface area contributed by atoms with Crippen molar-refractivity contribution in [2.75, 3.05) is 6.54 Å². The maximum Gasteiger partial charge on any atom is 0.273 e. The van der Waals surface area contributed by atoms with Crippen LogP contribution in [0.2, 0.25) is 0 Å². The zero-order chi connectivity index (χ0) is 18.0. The standard InChI is InChI=1S/C17H22N4O3S/c1-20-10-5-7-15(20)16-6-3-2-4-11-21(16)17(22)14-9-8-13(12-19-14)25(18,23)24/h5,7-10,12,16H,2-4,6,11H2,1H3,(H2,18,23,24). The van der Waals surface area contributed by atoms with Gasteiger partial charge in [-0.05, 0) is 37.1 Å². The number of sulfonamides is 1. The third-order valence-corrected chi connectivity index (χ3v) is 5.52. The predicted octanol–water partition coefficient (Wildman–Crippen LogP) is 1.83. The van der Waals surface area contributed by atoms with Crippen molar-refractivity contribution in [3.8, 4) is 0 Å². The van der Waals surface area contributed by atoms with Crippen molar-refractivity contribution in [1.29, 1.82) is 0 Å². The molecule has 134 valence electrons. The smallest absolute Gasteiger partial charge is 0.273 e. The Bertz CT molecular complexity index is 858. The van der Waals surface area contributed by atoms with Gasteiger partial charge in [0.25, 0.3) is 5.91 Å². The molecule has 1 aliphatic heterocycles. The molecule has 7 nitrogen and oxygen atoms in total. The van der Waals surface area contributed by atoms with Crippen LogP contribution in [0.25, 0.3) is 0 Å². The molecule has 2 aromatic heterocycles. The van der Waals surface area contributed by atoms with E-state index in [-0.39, 0.29) is 22.5 Å². The number of aryl methyl sites for hydroxylation is 1. The second-order valence-electron chi connectivity index (χ2n) is 6.33. The Balaban J connectivity index is 1.91. The van der Waals surface area contributed by atoms with Crippen LogP contribution < -0.4 is 5.14 Å². The second-order valence-corrected chi connectivity index (χ2v) is 7.89. The summed E-state index contributed by atoms with van der Waals surface area (Å²) in [4.78, 5) is 18.8. The Kier molecular flexibility index (Phi) is 4.91. The van der Waals surface area contributed by atoms with Crippen molar-refractivity contribution >= 4 is 15.9 Å². The zero-order valence-electron chi connectivity index (χ0n) is 14.1. The van der Waals surface area contributed by atoms with Gasteiger partial charge in [0, 0.05) is 31.7 Å². The van der Waals surface area contributed by atoms with Gasteiger partial charge < -0.3 is 9.47 Å². The normalized spacial score (nSPS) is 18.8. The highest BCUT2D eigenvalue weighted by Crippen LogP contribution is 2.31. The van der Waals surface area contributed by atoms with Crippen LogP contribution in [0.3, 0.4) is 0 Å². The monoisotopic (exact) mass is 362 g/mol. The number of hydrogen-bond acceptors (Lipinski definition) is 4. The van der Waals surface area contributed by atoms with E-state index in [0.29, 0.717) is 6.54 Å².